The van der Waals surface area contributed by atoms with Crippen LogP contribution in [0.5, 0.6) is 23.0 Å². The summed E-state index contributed by atoms with van der Waals surface area (Å²) in [5.74, 6) is 3.68. The molecule has 10 aromatic rings. The lowest BCUT2D eigenvalue weighted by atomic mass is 9.74. The summed E-state index contributed by atoms with van der Waals surface area (Å²) >= 11 is 0. The lowest BCUT2D eigenvalue weighted by Crippen LogP contribution is -2.24. The third-order valence-corrected chi connectivity index (χ3v) is 13.5. The van der Waals surface area contributed by atoms with E-state index in [1.165, 1.54) is 76.5 Å². The van der Waals surface area contributed by atoms with Crippen molar-refractivity contribution in [3.63, 3.8) is 0 Å². The zero-order chi connectivity index (χ0) is 40.3. The summed E-state index contributed by atoms with van der Waals surface area (Å²) in [5, 5.41) is 9.70. The van der Waals surface area contributed by atoms with Gasteiger partial charge in [0.05, 0.1) is 0 Å². The van der Waals surface area contributed by atoms with Crippen molar-refractivity contribution in [3.8, 4) is 56.4 Å². The fourth-order valence-corrected chi connectivity index (χ4v) is 10.4. The monoisotopic (exact) mass is 770 g/mol. The number of para-hydroxylation sites is 4. The highest BCUT2D eigenvalue weighted by atomic mass is 16.5. The van der Waals surface area contributed by atoms with E-state index in [1.807, 2.05) is 0 Å². The van der Waals surface area contributed by atoms with Crippen molar-refractivity contribution in [1.29, 1.82) is 0 Å². The molecule has 2 heteroatoms. The molecule has 12 rings (SSSR count). The molecule has 0 spiro atoms. The third kappa shape index (κ3) is 5.01. The summed E-state index contributed by atoms with van der Waals surface area (Å²) in [6.45, 7) is 9.23. The van der Waals surface area contributed by atoms with Crippen LogP contribution in [-0.2, 0) is 10.8 Å². The fraction of sp³-hybridized carbons (Fsp3) is 0.103. The second-order valence-corrected chi connectivity index (χ2v) is 17.6. The van der Waals surface area contributed by atoms with E-state index < -0.39 is 0 Å². The van der Waals surface area contributed by atoms with Crippen LogP contribution in [0.15, 0.2) is 182 Å². The molecule has 0 aliphatic carbocycles. The van der Waals surface area contributed by atoms with Crippen LogP contribution in [0.4, 0.5) is 0 Å². The van der Waals surface area contributed by atoms with E-state index in [1.54, 1.807) is 0 Å². The van der Waals surface area contributed by atoms with Gasteiger partial charge in [0.1, 0.15) is 23.0 Å². The van der Waals surface area contributed by atoms with E-state index in [0.717, 1.165) is 45.3 Å². The van der Waals surface area contributed by atoms with Crippen LogP contribution >= 0.6 is 0 Å². The van der Waals surface area contributed by atoms with Gasteiger partial charge in [0.25, 0.3) is 0 Å². The molecule has 0 amide bonds. The summed E-state index contributed by atoms with van der Waals surface area (Å²) in [6, 6.07) is 66.5. The van der Waals surface area contributed by atoms with Crippen LogP contribution in [0.25, 0.3) is 76.5 Å². The van der Waals surface area contributed by atoms with Gasteiger partial charge in [0.2, 0.25) is 0 Å². The Bertz CT molecular complexity index is 3270. The topological polar surface area (TPSA) is 18.5 Å². The van der Waals surface area contributed by atoms with Crippen molar-refractivity contribution in [3.05, 3.63) is 204 Å². The SMILES string of the molecule is CC1(C)c2ccccc2Oc2c(-c3cccc4c(-c5ccc6cc7ccccc7cc6c5)c5cccc(-c6cccc7c6Oc6ccccc6C7(C)C)c5cc34)cccc21. The standard InChI is InChI=1S/C58H42O2/c1-57(2)48-23-7-9-27-52(48)59-55-44(21-13-25-50(55)57)40-17-11-19-42-46(40)34-47-41(45-22-14-26-51-56(45)60-53-28-10-8-24-49(53)58(51,3)4)18-12-20-43(47)54(42)38-30-29-37-31-35-15-5-6-16-36(35)32-39(37)33-38/h5-34H,1-4H3. The van der Waals surface area contributed by atoms with Crippen LogP contribution in [0, 0.1) is 0 Å². The van der Waals surface area contributed by atoms with E-state index in [2.05, 4.69) is 210 Å². The maximum absolute atomic E-state index is 6.92. The van der Waals surface area contributed by atoms with E-state index in [9.17, 15) is 0 Å². The molecule has 0 fully saturated rings. The quantitative estimate of drug-likeness (QED) is 0.167. The predicted molar refractivity (Wildman–Crippen MR) is 250 cm³/mol. The summed E-state index contributed by atoms with van der Waals surface area (Å²) < 4.78 is 13.8. The van der Waals surface area contributed by atoms with Gasteiger partial charge >= 0.3 is 0 Å². The smallest absolute Gasteiger partial charge is 0.139 e. The second kappa shape index (κ2) is 12.7. The highest BCUT2D eigenvalue weighted by Gasteiger charge is 2.37. The first-order valence-corrected chi connectivity index (χ1v) is 21.0. The van der Waals surface area contributed by atoms with Crippen molar-refractivity contribution in [2.75, 3.05) is 0 Å². The number of ether oxygens (including phenoxy) is 2. The van der Waals surface area contributed by atoms with Gasteiger partial charge in [-0.25, -0.2) is 0 Å². The van der Waals surface area contributed by atoms with Crippen LogP contribution in [0.3, 0.4) is 0 Å². The molecule has 2 aliphatic rings. The van der Waals surface area contributed by atoms with Crippen LogP contribution in [0.1, 0.15) is 49.9 Å². The van der Waals surface area contributed by atoms with Crippen molar-refractivity contribution >= 4 is 43.1 Å². The van der Waals surface area contributed by atoms with Crippen LogP contribution in [-0.4, -0.2) is 0 Å². The maximum atomic E-state index is 6.92. The summed E-state index contributed by atoms with van der Waals surface area (Å²) in [4.78, 5) is 0. The van der Waals surface area contributed by atoms with Crippen molar-refractivity contribution in [1.82, 2.24) is 0 Å². The third-order valence-electron chi connectivity index (χ3n) is 13.5. The Morgan fingerprint density at radius 3 is 1.30 bits per heavy atom. The molecule has 0 radical (unpaired) electrons. The zero-order valence-electron chi connectivity index (χ0n) is 34.1. The van der Waals surface area contributed by atoms with Gasteiger partial charge in [0.15, 0.2) is 0 Å². The van der Waals surface area contributed by atoms with Crippen LogP contribution < -0.4 is 9.47 Å². The molecule has 0 saturated carbocycles. The first kappa shape index (κ1) is 34.8. The Morgan fingerprint density at radius 1 is 0.317 bits per heavy atom. The van der Waals surface area contributed by atoms with Gasteiger partial charge in [-0.3, -0.25) is 0 Å². The predicted octanol–water partition coefficient (Wildman–Crippen LogP) is 16.2. The van der Waals surface area contributed by atoms with E-state index in [4.69, 9.17) is 9.47 Å². The van der Waals surface area contributed by atoms with E-state index >= 15 is 0 Å². The van der Waals surface area contributed by atoms with Gasteiger partial charge in [0, 0.05) is 44.2 Å². The second-order valence-electron chi connectivity index (χ2n) is 17.6. The molecular formula is C58H42O2. The van der Waals surface area contributed by atoms with Gasteiger partial charge < -0.3 is 9.47 Å². The highest BCUT2D eigenvalue weighted by Crippen LogP contribution is 2.55. The van der Waals surface area contributed by atoms with E-state index in [0.29, 0.717) is 0 Å². The van der Waals surface area contributed by atoms with Gasteiger partial charge in [-0.15, -0.1) is 0 Å². The molecule has 0 saturated heterocycles. The lowest BCUT2D eigenvalue weighted by molar-refractivity contribution is 0.419. The average Bonchev–Trinajstić information content (AvgIpc) is 3.27. The number of rotatable bonds is 3. The number of fused-ring (bicyclic) bond motifs is 8. The largest absolute Gasteiger partial charge is 0.456 e. The molecule has 10 aromatic carbocycles. The minimum atomic E-state index is -0.232. The molecule has 2 nitrogen and oxygen atoms in total. The van der Waals surface area contributed by atoms with Crippen molar-refractivity contribution in [2.24, 2.45) is 0 Å². The summed E-state index contributed by atoms with van der Waals surface area (Å²) in [6.07, 6.45) is 0. The minimum Gasteiger partial charge on any atom is -0.456 e. The number of hydrogen-bond acceptors (Lipinski definition) is 2. The molecule has 0 N–H and O–H groups in total. The number of benzene rings is 10. The zero-order valence-corrected chi connectivity index (χ0v) is 34.1. The number of hydrogen-bond donors (Lipinski definition) is 0. The molecule has 0 unspecified atom stereocenters. The molecule has 286 valence electrons. The lowest BCUT2D eigenvalue weighted by Gasteiger charge is -2.35. The van der Waals surface area contributed by atoms with Gasteiger partial charge in [-0.1, -0.05) is 173 Å². The Balaban J connectivity index is 1.16. The minimum absolute atomic E-state index is 0.232. The fourth-order valence-electron chi connectivity index (χ4n) is 10.4. The van der Waals surface area contributed by atoms with Gasteiger partial charge in [-0.05, 0) is 102 Å². The van der Waals surface area contributed by atoms with E-state index in [-0.39, 0.29) is 10.8 Å². The molecule has 0 atom stereocenters. The molecule has 0 bridgehead atoms. The van der Waals surface area contributed by atoms with Crippen LogP contribution in [0.2, 0.25) is 0 Å². The Kier molecular flexibility index (Phi) is 7.36. The first-order valence-electron chi connectivity index (χ1n) is 21.0. The first-order chi connectivity index (χ1) is 29.3. The molecule has 2 aliphatic heterocycles. The molecule has 2 heterocycles. The molecular weight excluding hydrogens is 729 g/mol. The van der Waals surface area contributed by atoms with Gasteiger partial charge in [-0.2, -0.15) is 0 Å². The summed E-state index contributed by atoms with van der Waals surface area (Å²) in [5.41, 5.74) is 11.2. The maximum Gasteiger partial charge on any atom is 0.139 e. The molecule has 60 heavy (non-hydrogen) atoms. The normalized spacial score (nSPS) is 14.5. The average molecular weight is 771 g/mol. The Labute approximate surface area is 350 Å². The summed E-state index contributed by atoms with van der Waals surface area (Å²) in [7, 11) is 0. The van der Waals surface area contributed by atoms with Crippen molar-refractivity contribution in [2.45, 2.75) is 38.5 Å². The molecule has 0 aromatic heterocycles. The Morgan fingerprint density at radius 2 is 0.750 bits per heavy atom. The van der Waals surface area contributed by atoms with Crippen molar-refractivity contribution < 1.29 is 9.47 Å². The highest BCUT2D eigenvalue weighted by molar-refractivity contribution is 6.20. The Hall–Kier alpha value is -7.16.